The zero-order valence-electron chi connectivity index (χ0n) is 14.8. The third kappa shape index (κ3) is 5.38. The van der Waals surface area contributed by atoms with Gasteiger partial charge in [0.2, 0.25) is 5.91 Å². The van der Waals surface area contributed by atoms with Crippen molar-refractivity contribution in [3.05, 3.63) is 59.8 Å². The number of ether oxygens (including phenoxy) is 1. The maximum absolute atomic E-state index is 13.7. The lowest BCUT2D eigenvalue weighted by atomic mass is 10.0. The summed E-state index contributed by atoms with van der Waals surface area (Å²) in [6.45, 7) is 2.76. The van der Waals surface area contributed by atoms with Crippen molar-refractivity contribution in [2.24, 2.45) is 0 Å². The predicted molar refractivity (Wildman–Crippen MR) is 95.6 cm³/mol. The van der Waals surface area contributed by atoms with Crippen LogP contribution >= 0.6 is 0 Å². The molecule has 1 saturated heterocycles. The second kappa shape index (κ2) is 9.29. The van der Waals surface area contributed by atoms with E-state index in [0.717, 1.165) is 5.56 Å². The summed E-state index contributed by atoms with van der Waals surface area (Å²) >= 11 is 0. The van der Waals surface area contributed by atoms with Crippen LogP contribution in [0.15, 0.2) is 47.3 Å². The molecule has 2 aromatic rings. The van der Waals surface area contributed by atoms with Gasteiger partial charge in [0.1, 0.15) is 12.1 Å². The van der Waals surface area contributed by atoms with Gasteiger partial charge < -0.3 is 19.8 Å². The summed E-state index contributed by atoms with van der Waals surface area (Å²) in [7, 11) is 0. The number of rotatable bonds is 7. The van der Waals surface area contributed by atoms with Crippen LogP contribution in [0.2, 0.25) is 0 Å². The Balaban J connectivity index is 1.57. The molecule has 0 spiro atoms. The highest BCUT2D eigenvalue weighted by molar-refractivity contribution is 5.96. The van der Waals surface area contributed by atoms with Gasteiger partial charge in [-0.25, -0.2) is 4.39 Å². The Morgan fingerprint density at radius 3 is 2.70 bits per heavy atom. The van der Waals surface area contributed by atoms with Gasteiger partial charge in [0.05, 0.1) is 37.6 Å². The first kappa shape index (κ1) is 19.1. The first-order valence-corrected chi connectivity index (χ1v) is 8.78. The number of hydrogen-bond donors (Lipinski definition) is 2. The largest absolute Gasteiger partial charge is 0.472 e. The Morgan fingerprint density at radius 1 is 1.19 bits per heavy atom. The van der Waals surface area contributed by atoms with Gasteiger partial charge in [0.25, 0.3) is 5.91 Å². The summed E-state index contributed by atoms with van der Waals surface area (Å²) in [4.78, 5) is 26.1. The van der Waals surface area contributed by atoms with Gasteiger partial charge in [0, 0.05) is 19.6 Å². The van der Waals surface area contributed by atoms with Crippen LogP contribution in [-0.4, -0.2) is 56.1 Å². The smallest absolute Gasteiger partial charge is 0.254 e. The van der Waals surface area contributed by atoms with Gasteiger partial charge in [-0.15, -0.1) is 0 Å². The molecule has 1 aromatic heterocycles. The zero-order valence-corrected chi connectivity index (χ0v) is 14.8. The molecule has 144 valence electrons. The molecule has 1 aromatic carbocycles. The SMILES string of the molecule is O=C(CNC(=O)c1ccoc1)NC[C@@H](c1cccc(F)c1)N1CCOCC1. The Morgan fingerprint density at radius 2 is 2.00 bits per heavy atom. The predicted octanol–water partition coefficient (Wildman–Crippen LogP) is 1.34. The van der Waals surface area contributed by atoms with Crippen molar-refractivity contribution >= 4 is 11.8 Å². The molecule has 0 bridgehead atoms. The van der Waals surface area contributed by atoms with Crippen molar-refractivity contribution in [2.45, 2.75) is 6.04 Å². The maximum atomic E-state index is 13.7. The van der Waals surface area contributed by atoms with E-state index in [0.29, 0.717) is 38.4 Å². The number of nitrogens with zero attached hydrogens (tertiary/aromatic N) is 1. The van der Waals surface area contributed by atoms with E-state index in [1.807, 2.05) is 6.07 Å². The molecule has 0 aliphatic carbocycles. The van der Waals surface area contributed by atoms with E-state index in [9.17, 15) is 14.0 Å². The number of morpholine rings is 1. The van der Waals surface area contributed by atoms with Gasteiger partial charge in [-0.1, -0.05) is 12.1 Å². The van der Waals surface area contributed by atoms with Crippen molar-refractivity contribution in [1.82, 2.24) is 15.5 Å². The maximum Gasteiger partial charge on any atom is 0.254 e. The van der Waals surface area contributed by atoms with Gasteiger partial charge in [0.15, 0.2) is 0 Å². The first-order valence-electron chi connectivity index (χ1n) is 8.78. The Hall–Kier alpha value is -2.71. The van der Waals surface area contributed by atoms with Crippen LogP contribution in [0.5, 0.6) is 0 Å². The topological polar surface area (TPSA) is 83.8 Å². The van der Waals surface area contributed by atoms with E-state index in [1.54, 1.807) is 6.07 Å². The minimum Gasteiger partial charge on any atom is -0.472 e. The lowest BCUT2D eigenvalue weighted by molar-refractivity contribution is -0.120. The lowest BCUT2D eigenvalue weighted by Gasteiger charge is -2.35. The van der Waals surface area contributed by atoms with Gasteiger partial charge in [-0.2, -0.15) is 0 Å². The second-order valence-corrected chi connectivity index (χ2v) is 6.22. The standard InChI is InChI=1S/C19H22FN3O4/c20-16-3-1-2-14(10-16)17(23-5-8-26-9-6-23)11-21-18(24)12-22-19(25)15-4-7-27-13-15/h1-4,7,10,13,17H,5-6,8-9,11-12H2,(H,21,24)(H,22,25)/t17-/m0/s1. The quantitative estimate of drug-likeness (QED) is 0.763. The summed E-state index contributed by atoms with van der Waals surface area (Å²) in [5.74, 6) is -1.01. The number of carbonyl (C=O) groups excluding carboxylic acids is 2. The van der Waals surface area contributed by atoms with Gasteiger partial charge >= 0.3 is 0 Å². The van der Waals surface area contributed by atoms with Crippen LogP contribution in [0, 0.1) is 5.82 Å². The van der Waals surface area contributed by atoms with Crippen LogP contribution in [0.3, 0.4) is 0 Å². The van der Waals surface area contributed by atoms with Crippen LogP contribution in [0.4, 0.5) is 4.39 Å². The molecule has 1 atom stereocenters. The number of benzene rings is 1. The molecule has 2 amide bonds. The number of furan rings is 1. The van der Waals surface area contributed by atoms with Gasteiger partial charge in [-0.05, 0) is 23.8 Å². The summed E-state index contributed by atoms with van der Waals surface area (Å²) in [6, 6.07) is 7.72. The third-order valence-corrected chi connectivity index (χ3v) is 4.41. The Bertz CT molecular complexity index is 760. The number of halogens is 1. The minimum atomic E-state index is -0.381. The fourth-order valence-electron chi connectivity index (χ4n) is 2.99. The Labute approximate surface area is 156 Å². The molecular weight excluding hydrogens is 353 g/mol. The average molecular weight is 375 g/mol. The van der Waals surface area contributed by atoms with Crippen LogP contribution in [-0.2, 0) is 9.53 Å². The average Bonchev–Trinajstić information content (AvgIpc) is 3.22. The molecule has 3 rings (SSSR count). The molecule has 0 saturated carbocycles. The van der Waals surface area contributed by atoms with E-state index in [1.165, 1.54) is 30.7 Å². The fourth-order valence-corrected chi connectivity index (χ4v) is 2.99. The number of carbonyl (C=O) groups is 2. The fraction of sp³-hybridized carbons (Fsp3) is 0.368. The first-order chi connectivity index (χ1) is 13.1. The highest BCUT2D eigenvalue weighted by atomic mass is 19.1. The molecule has 0 unspecified atom stereocenters. The van der Waals surface area contributed by atoms with Gasteiger partial charge in [-0.3, -0.25) is 14.5 Å². The number of hydrogen-bond acceptors (Lipinski definition) is 5. The number of amides is 2. The summed E-state index contributed by atoms with van der Waals surface area (Å²) in [5, 5.41) is 5.35. The van der Waals surface area contributed by atoms with Crippen LogP contribution in [0.1, 0.15) is 22.0 Å². The van der Waals surface area contributed by atoms with Crippen molar-refractivity contribution in [3.8, 4) is 0 Å². The van der Waals surface area contributed by atoms with Crippen molar-refractivity contribution in [1.29, 1.82) is 0 Å². The molecule has 7 nitrogen and oxygen atoms in total. The summed E-state index contributed by atoms with van der Waals surface area (Å²) < 4.78 is 23.9. The van der Waals surface area contributed by atoms with Crippen molar-refractivity contribution in [2.75, 3.05) is 39.4 Å². The van der Waals surface area contributed by atoms with E-state index in [4.69, 9.17) is 9.15 Å². The highest BCUT2D eigenvalue weighted by Crippen LogP contribution is 2.22. The van der Waals surface area contributed by atoms with Crippen molar-refractivity contribution < 1.29 is 23.1 Å². The van der Waals surface area contributed by atoms with E-state index in [2.05, 4.69) is 15.5 Å². The van der Waals surface area contributed by atoms with E-state index < -0.39 is 0 Å². The molecule has 0 radical (unpaired) electrons. The van der Waals surface area contributed by atoms with Crippen LogP contribution in [0.25, 0.3) is 0 Å². The molecule has 1 fully saturated rings. The molecule has 1 aliphatic heterocycles. The van der Waals surface area contributed by atoms with Crippen molar-refractivity contribution in [3.63, 3.8) is 0 Å². The van der Waals surface area contributed by atoms with E-state index >= 15 is 0 Å². The lowest BCUT2D eigenvalue weighted by Crippen LogP contribution is -2.45. The number of nitrogens with one attached hydrogen (secondary N) is 2. The Kier molecular flexibility index (Phi) is 6.56. The molecule has 2 N–H and O–H groups in total. The van der Waals surface area contributed by atoms with Crippen LogP contribution < -0.4 is 10.6 Å². The second-order valence-electron chi connectivity index (χ2n) is 6.22. The molecule has 2 heterocycles. The highest BCUT2D eigenvalue weighted by Gasteiger charge is 2.23. The molecular formula is C19H22FN3O4. The normalized spacial score (nSPS) is 15.9. The summed E-state index contributed by atoms with van der Waals surface area (Å²) in [5.41, 5.74) is 1.15. The molecule has 27 heavy (non-hydrogen) atoms. The zero-order chi connectivity index (χ0) is 19.1. The summed E-state index contributed by atoms with van der Waals surface area (Å²) in [6.07, 6.45) is 2.70. The molecule has 8 heteroatoms. The monoisotopic (exact) mass is 375 g/mol. The van der Waals surface area contributed by atoms with E-state index in [-0.39, 0.29) is 30.2 Å². The molecule has 1 aliphatic rings. The minimum absolute atomic E-state index is 0.150. The third-order valence-electron chi connectivity index (χ3n) is 4.41.